The minimum Gasteiger partial charge on any atom is -0.388 e. The SMILES string of the molecule is CCNC(=NCCC(O)c1ccccc1)NCCS(C)(=O)=O. The van der Waals surface area contributed by atoms with Crippen molar-refractivity contribution in [1.29, 1.82) is 0 Å². The maximum atomic E-state index is 11.1. The van der Waals surface area contributed by atoms with Gasteiger partial charge < -0.3 is 15.7 Å². The van der Waals surface area contributed by atoms with E-state index in [0.29, 0.717) is 32.0 Å². The van der Waals surface area contributed by atoms with Crippen LogP contribution in [0.4, 0.5) is 0 Å². The fraction of sp³-hybridized carbons (Fsp3) is 0.533. The minimum absolute atomic E-state index is 0.0596. The summed E-state index contributed by atoms with van der Waals surface area (Å²) in [5.74, 6) is 0.621. The average Bonchev–Trinajstić information content (AvgIpc) is 2.46. The molecule has 1 unspecified atom stereocenters. The Hall–Kier alpha value is -1.60. The summed E-state index contributed by atoms with van der Waals surface area (Å²) >= 11 is 0. The van der Waals surface area contributed by atoms with Gasteiger partial charge in [-0.15, -0.1) is 0 Å². The van der Waals surface area contributed by atoms with Crippen molar-refractivity contribution in [2.75, 3.05) is 31.6 Å². The smallest absolute Gasteiger partial charge is 0.191 e. The number of sulfone groups is 1. The first-order valence-electron chi connectivity index (χ1n) is 7.35. The molecule has 7 heteroatoms. The van der Waals surface area contributed by atoms with Gasteiger partial charge in [0, 0.05) is 25.9 Å². The molecule has 6 nitrogen and oxygen atoms in total. The Balaban J connectivity index is 2.44. The van der Waals surface area contributed by atoms with Crippen molar-refractivity contribution in [2.24, 2.45) is 4.99 Å². The van der Waals surface area contributed by atoms with Gasteiger partial charge in [0.2, 0.25) is 0 Å². The normalized spacial score (nSPS) is 13.7. The third-order valence-corrected chi connectivity index (χ3v) is 3.91. The number of rotatable bonds is 8. The highest BCUT2D eigenvalue weighted by atomic mass is 32.2. The van der Waals surface area contributed by atoms with Gasteiger partial charge >= 0.3 is 0 Å². The van der Waals surface area contributed by atoms with E-state index < -0.39 is 15.9 Å². The van der Waals surface area contributed by atoms with Gasteiger partial charge in [0.05, 0.1) is 11.9 Å². The van der Waals surface area contributed by atoms with E-state index in [9.17, 15) is 13.5 Å². The second-order valence-corrected chi connectivity index (χ2v) is 7.29. The summed E-state index contributed by atoms with van der Waals surface area (Å²) in [7, 11) is -2.99. The molecular formula is C15H25N3O3S. The first-order valence-corrected chi connectivity index (χ1v) is 9.41. The molecule has 1 aromatic carbocycles. The van der Waals surface area contributed by atoms with Crippen molar-refractivity contribution < 1.29 is 13.5 Å². The van der Waals surface area contributed by atoms with E-state index in [1.807, 2.05) is 37.3 Å². The van der Waals surface area contributed by atoms with Gasteiger partial charge in [-0.25, -0.2) is 8.42 Å². The van der Waals surface area contributed by atoms with Crippen LogP contribution in [-0.2, 0) is 9.84 Å². The topological polar surface area (TPSA) is 90.8 Å². The van der Waals surface area contributed by atoms with Crippen LogP contribution in [0.5, 0.6) is 0 Å². The number of nitrogens with zero attached hydrogens (tertiary/aromatic N) is 1. The molecule has 0 amide bonds. The molecule has 0 radical (unpaired) electrons. The van der Waals surface area contributed by atoms with Gasteiger partial charge in [-0.1, -0.05) is 30.3 Å². The second-order valence-electron chi connectivity index (χ2n) is 5.03. The van der Waals surface area contributed by atoms with E-state index in [2.05, 4.69) is 15.6 Å². The molecule has 0 fully saturated rings. The van der Waals surface area contributed by atoms with Crippen LogP contribution in [0, 0.1) is 0 Å². The lowest BCUT2D eigenvalue weighted by Gasteiger charge is -2.12. The standard InChI is InChI=1S/C15H25N3O3S/c1-3-16-15(18-11-12-22(2,20)21)17-10-9-14(19)13-7-5-4-6-8-13/h4-8,14,19H,3,9-12H2,1-2H3,(H2,16,17,18). The number of hydrogen-bond acceptors (Lipinski definition) is 4. The van der Waals surface area contributed by atoms with Gasteiger partial charge in [0.15, 0.2) is 5.96 Å². The fourth-order valence-electron chi connectivity index (χ4n) is 1.84. The highest BCUT2D eigenvalue weighted by Crippen LogP contribution is 2.15. The van der Waals surface area contributed by atoms with Crippen LogP contribution in [0.2, 0.25) is 0 Å². The summed E-state index contributed by atoms with van der Waals surface area (Å²) in [5.41, 5.74) is 0.868. The van der Waals surface area contributed by atoms with Crippen molar-refractivity contribution in [2.45, 2.75) is 19.4 Å². The van der Waals surface area contributed by atoms with Gasteiger partial charge in [0.1, 0.15) is 9.84 Å². The molecule has 1 rings (SSSR count). The zero-order valence-corrected chi connectivity index (χ0v) is 13.9. The Labute approximate surface area is 132 Å². The van der Waals surface area contributed by atoms with Crippen LogP contribution in [0.1, 0.15) is 25.0 Å². The first-order chi connectivity index (χ1) is 10.4. The number of benzene rings is 1. The molecule has 22 heavy (non-hydrogen) atoms. The second kappa shape index (κ2) is 9.42. The van der Waals surface area contributed by atoms with Crippen molar-refractivity contribution >= 4 is 15.8 Å². The molecule has 3 N–H and O–H groups in total. The summed E-state index contributed by atoms with van der Waals surface area (Å²) in [6.45, 7) is 3.38. The zero-order chi connectivity index (χ0) is 16.4. The number of aliphatic imine (C=N–C) groups is 1. The van der Waals surface area contributed by atoms with Gasteiger partial charge in [0.25, 0.3) is 0 Å². The number of aliphatic hydroxyl groups is 1. The third-order valence-electron chi connectivity index (χ3n) is 2.97. The molecule has 0 spiro atoms. The Kier molecular flexibility index (Phi) is 7.90. The Bertz CT molecular complexity index is 559. The largest absolute Gasteiger partial charge is 0.388 e. The number of nitrogens with one attached hydrogen (secondary N) is 2. The predicted molar refractivity (Wildman–Crippen MR) is 89.7 cm³/mol. The molecule has 0 bridgehead atoms. The summed E-state index contributed by atoms with van der Waals surface area (Å²) in [6, 6.07) is 9.44. The average molecular weight is 327 g/mol. The monoisotopic (exact) mass is 327 g/mol. The zero-order valence-electron chi connectivity index (χ0n) is 13.1. The van der Waals surface area contributed by atoms with Crippen molar-refractivity contribution in [3.8, 4) is 0 Å². The van der Waals surface area contributed by atoms with E-state index in [0.717, 1.165) is 5.56 Å². The van der Waals surface area contributed by atoms with Crippen LogP contribution in [-0.4, -0.2) is 51.1 Å². The molecule has 0 aromatic heterocycles. The molecule has 0 heterocycles. The molecule has 0 aliphatic rings. The molecule has 1 atom stereocenters. The lowest BCUT2D eigenvalue weighted by Crippen LogP contribution is -2.39. The first kappa shape index (κ1) is 18.4. The maximum absolute atomic E-state index is 11.1. The molecular weight excluding hydrogens is 302 g/mol. The van der Waals surface area contributed by atoms with Gasteiger partial charge in [-0.2, -0.15) is 0 Å². The molecule has 124 valence electrons. The summed E-state index contributed by atoms with van der Waals surface area (Å²) in [5, 5.41) is 16.1. The van der Waals surface area contributed by atoms with E-state index in [-0.39, 0.29) is 5.75 Å². The molecule has 0 saturated heterocycles. The van der Waals surface area contributed by atoms with E-state index in [4.69, 9.17) is 0 Å². The lowest BCUT2D eigenvalue weighted by molar-refractivity contribution is 0.170. The Morgan fingerprint density at radius 3 is 2.55 bits per heavy atom. The van der Waals surface area contributed by atoms with Crippen molar-refractivity contribution in [1.82, 2.24) is 10.6 Å². The van der Waals surface area contributed by atoms with Crippen molar-refractivity contribution in [3.63, 3.8) is 0 Å². The highest BCUT2D eigenvalue weighted by Gasteiger charge is 2.07. The summed E-state index contributed by atoms with van der Waals surface area (Å²) in [6.07, 6.45) is 1.16. The Morgan fingerprint density at radius 1 is 1.27 bits per heavy atom. The summed E-state index contributed by atoms with van der Waals surface area (Å²) < 4.78 is 22.2. The maximum Gasteiger partial charge on any atom is 0.191 e. The number of guanidine groups is 1. The van der Waals surface area contributed by atoms with Crippen LogP contribution in [0.15, 0.2) is 35.3 Å². The number of aliphatic hydroxyl groups excluding tert-OH is 1. The van der Waals surface area contributed by atoms with Crippen molar-refractivity contribution in [3.05, 3.63) is 35.9 Å². The van der Waals surface area contributed by atoms with Gasteiger partial charge in [-0.05, 0) is 18.9 Å². The lowest BCUT2D eigenvalue weighted by atomic mass is 10.1. The third kappa shape index (κ3) is 7.99. The fourth-order valence-corrected chi connectivity index (χ4v) is 2.31. The molecule has 1 aromatic rings. The van der Waals surface area contributed by atoms with Crippen LogP contribution < -0.4 is 10.6 Å². The van der Waals surface area contributed by atoms with E-state index >= 15 is 0 Å². The van der Waals surface area contributed by atoms with E-state index in [1.165, 1.54) is 6.26 Å². The number of hydrogen-bond donors (Lipinski definition) is 3. The van der Waals surface area contributed by atoms with Crippen LogP contribution >= 0.6 is 0 Å². The minimum atomic E-state index is -2.99. The van der Waals surface area contributed by atoms with E-state index in [1.54, 1.807) is 0 Å². The quantitative estimate of drug-likeness (QED) is 0.483. The van der Waals surface area contributed by atoms with Crippen LogP contribution in [0.3, 0.4) is 0 Å². The Morgan fingerprint density at radius 2 is 1.95 bits per heavy atom. The van der Waals surface area contributed by atoms with Gasteiger partial charge in [-0.3, -0.25) is 4.99 Å². The summed E-state index contributed by atoms with van der Waals surface area (Å²) in [4.78, 5) is 4.34. The predicted octanol–water partition coefficient (Wildman–Crippen LogP) is 0.710. The highest BCUT2D eigenvalue weighted by molar-refractivity contribution is 7.90. The molecule has 0 aliphatic heterocycles. The van der Waals surface area contributed by atoms with Crippen LogP contribution in [0.25, 0.3) is 0 Å². The molecule has 0 aliphatic carbocycles. The molecule has 0 saturated carbocycles.